The van der Waals surface area contributed by atoms with Crippen LogP contribution in [-0.4, -0.2) is 34.9 Å². The van der Waals surface area contributed by atoms with E-state index in [2.05, 4.69) is 4.98 Å². The van der Waals surface area contributed by atoms with Crippen molar-refractivity contribution < 1.29 is 57.1 Å². The highest BCUT2D eigenvalue weighted by Crippen LogP contribution is 2.61. The van der Waals surface area contributed by atoms with Crippen molar-refractivity contribution in [2.45, 2.75) is 35.8 Å². The largest absolute Gasteiger partial charge is 0.460 e. The zero-order valence-electron chi connectivity index (χ0n) is 11.1. The smallest absolute Gasteiger partial charge is 0.254 e. The number of pyridine rings is 1. The monoisotopic (exact) mass is 396 g/mol. The van der Waals surface area contributed by atoms with E-state index in [0.717, 1.165) is 0 Å². The average Bonchev–Trinajstić information content (AvgIpc) is 2.46. The molecule has 0 aliphatic rings. The van der Waals surface area contributed by atoms with Gasteiger partial charge in [-0.25, -0.2) is 0 Å². The van der Waals surface area contributed by atoms with Gasteiger partial charge in [0.15, 0.2) is 0 Å². The van der Waals surface area contributed by atoms with Gasteiger partial charge in [-0.05, 0) is 6.07 Å². The molecule has 1 aromatic rings. The van der Waals surface area contributed by atoms with Gasteiger partial charge in [0.1, 0.15) is 5.69 Å². The molecule has 0 amide bonds. The fraction of sp³-hybridized carbons (Fsp3) is 0.545. The molecule has 1 heterocycles. The van der Waals surface area contributed by atoms with Crippen LogP contribution in [0.1, 0.15) is 5.69 Å². The summed E-state index contributed by atoms with van der Waals surface area (Å²) in [6.07, 6.45) is -7.20. The van der Waals surface area contributed by atoms with Crippen molar-refractivity contribution in [3.05, 3.63) is 30.1 Å². The first-order valence-electron chi connectivity index (χ1n) is 5.64. The summed E-state index contributed by atoms with van der Waals surface area (Å²) in [6, 6.07) is 2.19. The number of alkyl halides is 13. The Balaban J connectivity index is 3.54. The minimum atomic E-state index is -7.91. The number of nitrogens with zero attached hydrogens (tertiary/aromatic N) is 1. The van der Waals surface area contributed by atoms with Crippen LogP contribution in [-0.2, 0) is 5.92 Å². The molecule has 0 spiro atoms. The SMILES string of the molecule is FC(F)(F)C(F)(F)C(F)(F)C(F)(F)C(F)(F)C(F)(F)c1cc[c]cn1. The summed E-state index contributed by atoms with van der Waals surface area (Å²) in [7, 11) is 0. The van der Waals surface area contributed by atoms with Crippen molar-refractivity contribution in [1.82, 2.24) is 4.98 Å². The number of rotatable bonds is 5. The summed E-state index contributed by atoms with van der Waals surface area (Å²) in [5, 5.41) is 0. The fourth-order valence-corrected chi connectivity index (χ4v) is 1.44. The maximum absolute atomic E-state index is 13.5. The van der Waals surface area contributed by atoms with E-state index in [9.17, 15) is 57.1 Å². The molecule has 1 radical (unpaired) electrons. The van der Waals surface area contributed by atoms with Crippen molar-refractivity contribution in [3.63, 3.8) is 0 Å². The Kier molecular flexibility index (Phi) is 4.79. The van der Waals surface area contributed by atoms with Crippen molar-refractivity contribution in [2.75, 3.05) is 0 Å². The quantitative estimate of drug-likeness (QED) is 0.633. The lowest BCUT2D eigenvalue weighted by molar-refractivity contribution is -0.442. The molecule has 1 nitrogen and oxygen atoms in total. The summed E-state index contributed by atoms with van der Waals surface area (Å²) < 4.78 is 167. The number of hydrogen-bond donors (Lipinski definition) is 0. The number of halogens is 13. The van der Waals surface area contributed by atoms with Gasteiger partial charge < -0.3 is 0 Å². The third-order valence-electron chi connectivity index (χ3n) is 2.87. The maximum atomic E-state index is 13.5. The normalized spacial score (nSPS) is 15.4. The summed E-state index contributed by atoms with van der Waals surface area (Å²) in [5.41, 5.74) is -2.28. The lowest BCUT2D eigenvalue weighted by Crippen LogP contribution is -2.69. The molecule has 0 fully saturated rings. The third-order valence-corrected chi connectivity index (χ3v) is 2.87. The molecule has 0 aliphatic carbocycles. The van der Waals surface area contributed by atoms with E-state index in [1.807, 2.05) is 6.07 Å². The maximum Gasteiger partial charge on any atom is 0.460 e. The molecular formula is C11H3F13N. The van der Waals surface area contributed by atoms with Crippen LogP contribution >= 0.6 is 0 Å². The van der Waals surface area contributed by atoms with Crippen molar-refractivity contribution in [3.8, 4) is 0 Å². The highest BCUT2D eigenvalue weighted by atomic mass is 19.4. The molecule has 0 aromatic carbocycles. The first kappa shape index (κ1) is 21.3. The van der Waals surface area contributed by atoms with Crippen LogP contribution in [0, 0.1) is 6.07 Å². The van der Waals surface area contributed by atoms with Crippen LogP contribution in [0.2, 0.25) is 0 Å². The van der Waals surface area contributed by atoms with Crippen LogP contribution in [0.3, 0.4) is 0 Å². The van der Waals surface area contributed by atoms with Crippen LogP contribution in [0.15, 0.2) is 18.3 Å². The molecule has 143 valence electrons. The lowest BCUT2D eigenvalue weighted by atomic mass is 9.92. The van der Waals surface area contributed by atoms with Crippen LogP contribution in [0.4, 0.5) is 57.1 Å². The van der Waals surface area contributed by atoms with Crippen molar-refractivity contribution in [2.24, 2.45) is 0 Å². The molecular weight excluding hydrogens is 393 g/mol. The zero-order valence-corrected chi connectivity index (χ0v) is 11.1. The predicted molar refractivity (Wildman–Crippen MR) is 52.8 cm³/mol. The molecule has 0 unspecified atom stereocenters. The molecule has 14 heteroatoms. The van der Waals surface area contributed by atoms with E-state index in [1.54, 1.807) is 0 Å². The molecule has 0 N–H and O–H groups in total. The van der Waals surface area contributed by atoms with E-state index >= 15 is 0 Å². The molecule has 1 aromatic heterocycles. The van der Waals surface area contributed by atoms with Gasteiger partial charge in [0, 0.05) is 12.3 Å². The standard InChI is InChI=1S/C11H3F13N/c12-6(13,5-3-1-2-4-25-5)7(14,15)8(16,17)9(18,19)10(20,21)11(22,23)24/h1,3-4H. The first-order chi connectivity index (χ1) is 10.9. The molecule has 25 heavy (non-hydrogen) atoms. The van der Waals surface area contributed by atoms with Crippen LogP contribution in [0.25, 0.3) is 0 Å². The topological polar surface area (TPSA) is 12.9 Å². The van der Waals surface area contributed by atoms with E-state index in [-0.39, 0.29) is 12.3 Å². The molecule has 0 atom stereocenters. The summed E-state index contributed by atoms with van der Waals surface area (Å²) >= 11 is 0. The Morgan fingerprint density at radius 2 is 1.08 bits per heavy atom. The van der Waals surface area contributed by atoms with Crippen LogP contribution < -0.4 is 0 Å². The second-order valence-electron chi connectivity index (χ2n) is 4.51. The first-order valence-corrected chi connectivity index (χ1v) is 5.64. The Hall–Kier alpha value is -1.76. The summed E-state index contributed by atoms with van der Waals surface area (Å²) in [5.74, 6) is -37.2. The number of aromatic nitrogens is 1. The predicted octanol–water partition coefficient (Wildman–Crippen LogP) is 5.08. The Morgan fingerprint density at radius 1 is 0.640 bits per heavy atom. The van der Waals surface area contributed by atoms with Gasteiger partial charge >= 0.3 is 35.8 Å². The summed E-state index contributed by atoms with van der Waals surface area (Å²) in [6.45, 7) is 0. The van der Waals surface area contributed by atoms with E-state index in [0.29, 0.717) is 6.07 Å². The van der Waals surface area contributed by atoms with Gasteiger partial charge in [0.25, 0.3) is 0 Å². The lowest BCUT2D eigenvalue weighted by Gasteiger charge is -2.39. The second-order valence-corrected chi connectivity index (χ2v) is 4.51. The third kappa shape index (κ3) is 2.78. The summed E-state index contributed by atoms with van der Waals surface area (Å²) in [4.78, 5) is 2.45. The Morgan fingerprint density at radius 3 is 1.44 bits per heavy atom. The van der Waals surface area contributed by atoms with Gasteiger partial charge in [-0.1, -0.05) is 6.07 Å². The molecule has 0 saturated heterocycles. The highest BCUT2D eigenvalue weighted by Gasteiger charge is 2.91. The van der Waals surface area contributed by atoms with Gasteiger partial charge in [-0.2, -0.15) is 57.1 Å². The molecule has 0 aliphatic heterocycles. The van der Waals surface area contributed by atoms with Gasteiger partial charge in [-0.15, -0.1) is 0 Å². The van der Waals surface area contributed by atoms with Crippen LogP contribution in [0.5, 0.6) is 0 Å². The molecule has 0 saturated carbocycles. The minimum absolute atomic E-state index is 0.0932. The van der Waals surface area contributed by atoms with E-state index in [4.69, 9.17) is 0 Å². The van der Waals surface area contributed by atoms with Crippen molar-refractivity contribution in [1.29, 1.82) is 0 Å². The Labute approximate surface area is 129 Å². The highest BCUT2D eigenvalue weighted by molar-refractivity contribution is 5.19. The molecule has 1 rings (SSSR count). The minimum Gasteiger partial charge on any atom is -0.254 e. The molecule has 0 bridgehead atoms. The second kappa shape index (κ2) is 5.62. The van der Waals surface area contributed by atoms with Crippen molar-refractivity contribution >= 4 is 0 Å². The number of hydrogen-bond acceptors (Lipinski definition) is 1. The Bertz CT molecular complexity index is 604. The van der Waals surface area contributed by atoms with Gasteiger partial charge in [-0.3, -0.25) is 4.98 Å². The van der Waals surface area contributed by atoms with Gasteiger partial charge in [0.2, 0.25) is 0 Å². The zero-order chi connectivity index (χ0) is 20.1. The van der Waals surface area contributed by atoms with E-state index in [1.165, 1.54) is 0 Å². The van der Waals surface area contributed by atoms with Gasteiger partial charge in [0.05, 0.1) is 0 Å². The van der Waals surface area contributed by atoms with E-state index < -0.39 is 41.5 Å². The fourth-order valence-electron chi connectivity index (χ4n) is 1.44. The average molecular weight is 396 g/mol.